The number of ether oxygens (including phenoxy) is 1. The van der Waals surface area contributed by atoms with E-state index in [4.69, 9.17) is 9.15 Å². The van der Waals surface area contributed by atoms with Gasteiger partial charge in [-0.05, 0) is 50.3 Å². The Morgan fingerprint density at radius 2 is 2.07 bits per heavy atom. The monoisotopic (exact) mass is 391 g/mol. The summed E-state index contributed by atoms with van der Waals surface area (Å²) in [6, 6.07) is 3.29. The van der Waals surface area contributed by atoms with Gasteiger partial charge in [0.2, 0.25) is 0 Å². The van der Waals surface area contributed by atoms with Crippen LogP contribution in [0.4, 0.5) is 0 Å². The van der Waals surface area contributed by atoms with Crippen molar-refractivity contribution in [2.24, 2.45) is 0 Å². The van der Waals surface area contributed by atoms with E-state index in [1.54, 1.807) is 13.0 Å². The molecule has 27 heavy (non-hydrogen) atoms. The van der Waals surface area contributed by atoms with Gasteiger partial charge in [-0.1, -0.05) is 0 Å². The van der Waals surface area contributed by atoms with Crippen LogP contribution in [0.5, 0.6) is 5.75 Å². The third-order valence-corrected chi connectivity index (χ3v) is 7.06. The lowest BCUT2D eigenvalue weighted by Crippen LogP contribution is -2.38. The number of hydrogen-bond donors (Lipinski definition) is 1. The average Bonchev–Trinajstić information content (AvgIpc) is 3.22. The molecule has 0 bridgehead atoms. The Bertz CT molecular complexity index is 1090. The molecule has 1 aromatic carbocycles. The zero-order valence-electron chi connectivity index (χ0n) is 15.0. The van der Waals surface area contributed by atoms with Gasteiger partial charge in [0.05, 0.1) is 11.5 Å². The number of aryl methyl sites for hydroxylation is 2. The minimum atomic E-state index is -3.05. The Morgan fingerprint density at radius 3 is 2.81 bits per heavy atom. The highest BCUT2D eigenvalue weighted by atomic mass is 32.2. The number of sulfone groups is 1. The summed E-state index contributed by atoms with van der Waals surface area (Å²) in [5, 5.41) is 3.61. The highest BCUT2D eigenvalue weighted by Gasteiger charge is 2.29. The van der Waals surface area contributed by atoms with Gasteiger partial charge in [0.15, 0.2) is 16.4 Å². The van der Waals surface area contributed by atoms with Gasteiger partial charge in [0, 0.05) is 22.6 Å². The van der Waals surface area contributed by atoms with Crippen LogP contribution in [0.15, 0.2) is 21.3 Å². The summed E-state index contributed by atoms with van der Waals surface area (Å²) in [7, 11) is -3.05. The molecule has 4 rings (SSSR count). The van der Waals surface area contributed by atoms with E-state index in [0.717, 1.165) is 35.8 Å². The maximum Gasteiger partial charge on any atom is 0.339 e. The van der Waals surface area contributed by atoms with Gasteiger partial charge in [-0.25, -0.2) is 13.2 Å². The van der Waals surface area contributed by atoms with Crippen molar-refractivity contribution in [2.45, 2.75) is 38.6 Å². The summed E-state index contributed by atoms with van der Waals surface area (Å²) in [6.45, 7) is 1.57. The molecule has 1 aliphatic heterocycles. The number of benzene rings is 1. The molecule has 1 fully saturated rings. The number of nitrogens with one attached hydrogen (secondary N) is 1. The highest BCUT2D eigenvalue weighted by Crippen LogP contribution is 2.32. The maximum atomic E-state index is 12.2. The van der Waals surface area contributed by atoms with Gasteiger partial charge in [0.1, 0.15) is 11.3 Å². The SMILES string of the molecule is Cc1c(OCC(=O)N[C@H]2CCS(=O)(=O)C2)ccc2c3c(c(=O)oc12)CCC3. The maximum absolute atomic E-state index is 12.2. The molecule has 0 spiro atoms. The summed E-state index contributed by atoms with van der Waals surface area (Å²) >= 11 is 0. The predicted molar refractivity (Wildman–Crippen MR) is 99.9 cm³/mol. The van der Waals surface area contributed by atoms with Gasteiger partial charge < -0.3 is 14.5 Å². The molecule has 1 atom stereocenters. The normalized spacial score (nSPS) is 20.6. The largest absolute Gasteiger partial charge is 0.483 e. The van der Waals surface area contributed by atoms with Crippen LogP contribution in [0.2, 0.25) is 0 Å². The van der Waals surface area contributed by atoms with Crippen LogP contribution < -0.4 is 15.7 Å². The van der Waals surface area contributed by atoms with Crippen LogP contribution in [0, 0.1) is 6.92 Å². The van der Waals surface area contributed by atoms with Crippen LogP contribution in [0.25, 0.3) is 11.0 Å². The molecule has 2 aliphatic rings. The predicted octanol–water partition coefficient (Wildman–Crippen LogP) is 1.27. The highest BCUT2D eigenvalue weighted by molar-refractivity contribution is 7.91. The quantitative estimate of drug-likeness (QED) is 0.788. The van der Waals surface area contributed by atoms with Crippen molar-refractivity contribution in [1.82, 2.24) is 5.32 Å². The molecule has 2 heterocycles. The summed E-state index contributed by atoms with van der Waals surface area (Å²) in [4.78, 5) is 24.2. The van der Waals surface area contributed by atoms with E-state index in [2.05, 4.69) is 5.32 Å². The number of carbonyl (C=O) groups is 1. The Hall–Kier alpha value is -2.35. The minimum absolute atomic E-state index is 0.0238. The molecule has 1 N–H and O–H groups in total. The fourth-order valence-corrected chi connectivity index (χ4v) is 5.61. The van der Waals surface area contributed by atoms with Crippen molar-refractivity contribution in [1.29, 1.82) is 0 Å². The number of carbonyl (C=O) groups excluding carboxylic acids is 1. The third kappa shape index (κ3) is 3.45. The first-order chi connectivity index (χ1) is 12.8. The number of amides is 1. The molecular formula is C19H21NO6S. The second kappa shape index (κ2) is 6.67. The molecule has 144 valence electrons. The molecule has 2 aromatic rings. The zero-order chi connectivity index (χ0) is 19.2. The molecule has 0 saturated carbocycles. The van der Waals surface area contributed by atoms with Crippen molar-refractivity contribution < 1.29 is 22.4 Å². The molecule has 1 saturated heterocycles. The minimum Gasteiger partial charge on any atom is -0.483 e. The smallest absolute Gasteiger partial charge is 0.339 e. The molecule has 0 radical (unpaired) electrons. The summed E-state index contributed by atoms with van der Waals surface area (Å²) in [5.74, 6) is 0.181. The van der Waals surface area contributed by atoms with E-state index in [9.17, 15) is 18.0 Å². The van der Waals surface area contributed by atoms with E-state index in [-0.39, 0.29) is 35.7 Å². The lowest BCUT2D eigenvalue weighted by molar-refractivity contribution is -0.123. The van der Waals surface area contributed by atoms with E-state index >= 15 is 0 Å². The van der Waals surface area contributed by atoms with Crippen LogP contribution in [0.1, 0.15) is 29.5 Å². The van der Waals surface area contributed by atoms with Crippen LogP contribution in [-0.2, 0) is 27.5 Å². The van der Waals surface area contributed by atoms with Gasteiger partial charge in [-0.3, -0.25) is 4.79 Å². The first-order valence-corrected chi connectivity index (χ1v) is 10.9. The first kappa shape index (κ1) is 18.0. The molecule has 8 heteroatoms. The molecule has 1 amide bonds. The summed E-state index contributed by atoms with van der Waals surface area (Å²) < 4.78 is 34.0. The van der Waals surface area contributed by atoms with E-state index in [1.807, 2.05) is 6.07 Å². The van der Waals surface area contributed by atoms with Crippen molar-refractivity contribution in [3.05, 3.63) is 39.2 Å². The van der Waals surface area contributed by atoms with Gasteiger partial charge >= 0.3 is 5.63 Å². The van der Waals surface area contributed by atoms with Crippen molar-refractivity contribution >= 4 is 26.7 Å². The van der Waals surface area contributed by atoms with Gasteiger partial charge in [-0.2, -0.15) is 0 Å². The van der Waals surface area contributed by atoms with E-state index < -0.39 is 9.84 Å². The van der Waals surface area contributed by atoms with E-state index in [0.29, 0.717) is 23.3 Å². The molecule has 1 aliphatic carbocycles. The molecule has 7 nitrogen and oxygen atoms in total. The Labute approximate surface area is 156 Å². The summed E-state index contributed by atoms with van der Waals surface area (Å²) in [6.07, 6.45) is 3.00. The molecular weight excluding hydrogens is 370 g/mol. The third-order valence-electron chi connectivity index (χ3n) is 5.30. The average molecular weight is 391 g/mol. The summed E-state index contributed by atoms with van der Waals surface area (Å²) in [5.41, 5.74) is 2.70. The molecule has 0 unspecified atom stereocenters. The Morgan fingerprint density at radius 1 is 1.30 bits per heavy atom. The van der Waals surface area contributed by atoms with Gasteiger partial charge in [0.25, 0.3) is 5.91 Å². The van der Waals surface area contributed by atoms with Crippen LogP contribution in [0.3, 0.4) is 0 Å². The number of hydrogen-bond acceptors (Lipinski definition) is 6. The zero-order valence-corrected chi connectivity index (χ0v) is 15.9. The fraction of sp³-hybridized carbons (Fsp3) is 0.474. The fourth-order valence-electron chi connectivity index (χ4n) is 3.94. The second-order valence-corrected chi connectivity index (χ2v) is 9.45. The number of fused-ring (bicyclic) bond motifs is 3. The van der Waals surface area contributed by atoms with Crippen molar-refractivity contribution in [2.75, 3.05) is 18.1 Å². The van der Waals surface area contributed by atoms with Crippen molar-refractivity contribution in [3.8, 4) is 5.75 Å². The Balaban J connectivity index is 1.50. The molecule has 1 aromatic heterocycles. The number of rotatable bonds is 4. The van der Waals surface area contributed by atoms with E-state index in [1.165, 1.54) is 0 Å². The Kier molecular flexibility index (Phi) is 4.46. The standard InChI is InChI=1S/C19H21NO6S/c1-11-16(25-9-17(21)20-12-7-8-27(23,24)10-12)6-5-14-13-3-2-4-15(13)19(22)26-18(11)14/h5-6,12H,2-4,7-10H2,1H3,(H,20,21)/t12-/m0/s1. The lowest BCUT2D eigenvalue weighted by atomic mass is 10.0. The topological polar surface area (TPSA) is 103 Å². The van der Waals surface area contributed by atoms with Crippen LogP contribution in [-0.4, -0.2) is 38.5 Å². The van der Waals surface area contributed by atoms with Gasteiger partial charge in [-0.15, -0.1) is 0 Å². The second-order valence-electron chi connectivity index (χ2n) is 7.22. The first-order valence-electron chi connectivity index (χ1n) is 9.05. The lowest BCUT2D eigenvalue weighted by Gasteiger charge is -2.14. The van der Waals surface area contributed by atoms with Crippen LogP contribution >= 0.6 is 0 Å². The van der Waals surface area contributed by atoms with Crippen molar-refractivity contribution in [3.63, 3.8) is 0 Å².